The number of benzene rings is 1. The summed E-state index contributed by atoms with van der Waals surface area (Å²) in [5, 5.41) is 1.18. The molecule has 1 aliphatic rings. The van der Waals surface area contributed by atoms with Crippen LogP contribution in [0.1, 0.15) is 42.1 Å². The summed E-state index contributed by atoms with van der Waals surface area (Å²) in [7, 11) is 1.27. The Morgan fingerprint density at radius 1 is 1.27 bits per heavy atom. The van der Waals surface area contributed by atoms with Gasteiger partial charge < -0.3 is 4.74 Å². The highest BCUT2D eigenvalue weighted by Crippen LogP contribution is 2.18. The Bertz CT molecular complexity index is 580. The predicted octanol–water partition coefficient (Wildman–Crippen LogP) is 1.48. The summed E-state index contributed by atoms with van der Waals surface area (Å²) in [5.41, 5.74) is 4.10. The number of carbonyl (C=O) groups excluding carboxylic acids is 3. The van der Waals surface area contributed by atoms with Crippen molar-refractivity contribution in [2.24, 2.45) is 5.92 Å². The number of ether oxygens (including phenoxy) is 1. The van der Waals surface area contributed by atoms with Crippen molar-refractivity contribution in [1.29, 1.82) is 0 Å². The van der Waals surface area contributed by atoms with E-state index in [0.29, 0.717) is 11.5 Å². The van der Waals surface area contributed by atoms with E-state index in [4.69, 9.17) is 0 Å². The molecule has 0 bridgehead atoms. The largest absolute Gasteiger partial charge is 0.469 e. The van der Waals surface area contributed by atoms with Crippen molar-refractivity contribution in [3.8, 4) is 0 Å². The molecular formula is C16H20N2O4. The Hall–Kier alpha value is -2.37. The Balaban J connectivity index is 2.13. The van der Waals surface area contributed by atoms with Crippen molar-refractivity contribution in [3.63, 3.8) is 0 Å². The second-order valence-electron chi connectivity index (χ2n) is 5.65. The van der Waals surface area contributed by atoms with E-state index < -0.39 is 11.9 Å². The molecule has 0 spiro atoms. The van der Waals surface area contributed by atoms with Gasteiger partial charge in [-0.2, -0.15) is 0 Å². The molecule has 1 saturated heterocycles. The molecule has 22 heavy (non-hydrogen) atoms. The molecule has 0 aliphatic carbocycles. The van der Waals surface area contributed by atoms with Gasteiger partial charge in [0.25, 0.3) is 5.91 Å². The number of esters is 1. The number of methoxy groups -OCH3 is 1. The van der Waals surface area contributed by atoms with Gasteiger partial charge in [-0.05, 0) is 23.6 Å². The highest BCUT2D eigenvalue weighted by molar-refractivity contribution is 5.97. The molecule has 1 N–H and O–H groups in total. The van der Waals surface area contributed by atoms with Crippen LogP contribution in [0, 0.1) is 5.92 Å². The molecule has 1 heterocycles. The van der Waals surface area contributed by atoms with Crippen LogP contribution < -0.4 is 5.43 Å². The first-order chi connectivity index (χ1) is 10.4. The Kier molecular flexibility index (Phi) is 4.80. The Morgan fingerprint density at radius 2 is 1.91 bits per heavy atom. The third-order valence-corrected chi connectivity index (χ3v) is 3.70. The molecule has 1 aliphatic heterocycles. The lowest BCUT2D eigenvalue weighted by molar-refractivity contribution is -0.151. The maximum absolute atomic E-state index is 12.4. The zero-order valence-electron chi connectivity index (χ0n) is 13.0. The zero-order chi connectivity index (χ0) is 16.3. The van der Waals surface area contributed by atoms with E-state index >= 15 is 0 Å². The molecule has 6 heteroatoms. The lowest BCUT2D eigenvalue weighted by Gasteiger charge is -2.31. The third kappa shape index (κ3) is 3.44. The molecular weight excluding hydrogens is 284 g/mol. The van der Waals surface area contributed by atoms with Crippen LogP contribution >= 0.6 is 0 Å². The second-order valence-corrected chi connectivity index (χ2v) is 5.65. The normalized spacial score (nSPS) is 18.1. The fourth-order valence-electron chi connectivity index (χ4n) is 2.38. The summed E-state index contributed by atoms with van der Waals surface area (Å²) in [6.45, 7) is 4.26. The number of hydrogen-bond acceptors (Lipinski definition) is 4. The van der Waals surface area contributed by atoms with Gasteiger partial charge >= 0.3 is 5.97 Å². The van der Waals surface area contributed by atoms with Crippen LogP contribution in [0.15, 0.2) is 24.3 Å². The first-order valence-electron chi connectivity index (χ1n) is 7.21. The van der Waals surface area contributed by atoms with E-state index in [1.54, 1.807) is 12.1 Å². The predicted molar refractivity (Wildman–Crippen MR) is 79.8 cm³/mol. The number of hydrogen-bond donors (Lipinski definition) is 1. The smallest absolute Gasteiger partial charge is 0.311 e. The van der Waals surface area contributed by atoms with Gasteiger partial charge in [0.15, 0.2) is 0 Å². The first kappa shape index (κ1) is 16.0. The van der Waals surface area contributed by atoms with E-state index in [9.17, 15) is 14.4 Å². The first-order valence-corrected chi connectivity index (χ1v) is 7.21. The van der Waals surface area contributed by atoms with Crippen molar-refractivity contribution in [2.45, 2.75) is 26.2 Å². The van der Waals surface area contributed by atoms with Crippen LogP contribution in [0.5, 0.6) is 0 Å². The molecule has 0 saturated carbocycles. The summed E-state index contributed by atoms with van der Waals surface area (Å²) in [5.74, 6) is -1.44. The summed E-state index contributed by atoms with van der Waals surface area (Å²) >= 11 is 0. The fraction of sp³-hybridized carbons (Fsp3) is 0.438. The number of nitrogens with zero attached hydrogens (tertiary/aromatic N) is 1. The van der Waals surface area contributed by atoms with Gasteiger partial charge in [0.05, 0.1) is 19.6 Å². The molecule has 1 unspecified atom stereocenters. The number of amides is 2. The topological polar surface area (TPSA) is 75.7 Å². The van der Waals surface area contributed by atoms with Crippen molar-refractivity contribution >= 4 is 17.8 Å². The minimum Gasteiger partial charge on any atom is -0.469 e. The SMILES string of the molecule is COC(=O)C1CC(=O)NN(C(=O)c2ccc(C(C)C)cc2)C1. The quantitative estimate of drug-likeness (QED) is 0.858. The number of carbonyl (C=O) groups is 3. The summed E-state index contributed by atoms with van der Waals surface area (Å²) in [6, 6.07) is 7.24. The van der Waals surface area contributed by atoms with Crippen molar-refractivity contribution < 1.29 is 19.1 Å². The molecule has 1 aromatic rings. The lowest BCUT2D eigenvalue weighted by atomic mass is 10.0. The van der Waals surface area contributed by atoms with Gasteiger partial charge in [-0.15, -0.1) is 0 Å². The maximum Gasteiger partial charge on any atom is 0.311 e. The van der Waals surface area contributed by atoms with Crippen LogP contribution in [0.4, 0.5) is 0 Å². The number of hydrazine groups is 1. The van der Waals surface area contributed by atoms with E-state index in [0.717, 1.165) is 5.56 Å². The molecule has 2 rings (SSSR count). The molecule has 1 atom stereocenters. The zero-order valence-corrected chi connectivity index (χ0v) is 13.0. The minimum absolute atomic E-state index is 0.0305. The van der Waals surface area contributed by atoms with Gasteiger partial charge in [-0.1, -0.05) is 26.0 Å². The van der Waals surface area contributed by atoms with E-state index in [-0.39, 0.29) is 24.8 Å². The van der Waals surface area contributed by atoms with Gasteiger partial charge in [-0.25, -0.2) is 5.01 Å². The second kappa shape index (κ2) is 6.60. The third-order valence-electron chi connectivity index (χ3n) is 3.70. The molecule has 0 aromatic heterocycles. The van der Waals surface area contributed by atoms with Gasteiger partial charge in [0.2, 0.25) is 5.91 Å². The fourth-order valence-corrected chi connectivity index (χ4v) is 2.38. The Morgan fingerprint density at radius 3 is 2.45 bits per heavy atom. The van der Waals surface area contributed by atoms with Crippen LogP contribution in [0.2, 0.25) is 0 Å². The molecule has 0 radical (unpaired) electrons. The van der Waals surface area contributed by atoms with Gasteiger partial charge in [-0.3, -0.25) is 19.8 Å². The maximum atomic E-state index is 12.4. The molecule has 118 valence electrons. The standard InChI is InChI=1S/C16H20N2O4/c1-10(2)11-4-6-12(7-5-11)15(20)18-9-13(16(21)22-3)8-14(19)17-18/h4-7,10,13H,8-9H2,1-3H3,(H,17,19). The van der Waals surface area contributed by atoms with E-state index in [1.807, 2.05) is 12.1 Å². The highest BCUT2D eigenvalue weighted by Gasteiger charge is 2.33. The van der Waals surface area contributed by atoms with Gasteiger partial charge in [0.1, 0.15) is 0 Å². The van der Waals surface area contributed by atoms with Crippen LogP contribution in [-0.2, 0) is 14.3 Å². The average molecular weight is 304 g/mol. The van der Waals surface area contributed by atoms with Gasteiger partial charge in [0, 0.05) is 12.0 Å². The van der Waals surface area contributed by atoms with Crippen LogP contribution in [-0.4, -0.2) is 36.4 Å². The summed E-state index contributed by atoms with van der Waals surface area (Å²) < 4.78 is 4.66. The molecule has 2 amide bonds. The summed E-state index contributed by atoms with van der Waals surface area (Å²) in [6.07, 6.45) is 0.0305. The average Bonchev–Trinajstić information content (AvgIpc) is 2.52. The van der Waals surface area contributed by atoms with Crippen LogP contribution in [0.3, 0.4) is 0 Å². The molecule has 6 nitrogen and oxygen atoms in total. The molecule has 1 aromatic carbocycles. The number of rotatable bonds is 3. The van der Waals surface area contributed by atoms with E-state index in [1.165, 1.54) is 12.1 Å². The van der Waals surface area contributed by atoms with Crippen molar-refractivity contribution in [3.05, 3.63) is 35.4 Å². The minimum atomic E-state index is -0.627. The highest BCUT2D eigenvalue weighted by atomic mass is 16.5. The van der Waals surface area contributed by atoms with Crippen molar-refractivity contribution in [2.75, 3.05) is 13.7 Å². The number of nitrogens with one attached hydrogen (secondary N) is 1. The Labute approximate surface area is 129 Å². The van der Waals surface area contributed by atoms with Crippen LogP contribution in [0.25, 0.3) is 0 Å². The lowest BCUT2D eigenvalue weighted by Crippen LogP contribution is -2.54. The monoisotopic (exact) mass is 304 g/mol. The summed E-state index contributed by atoms with van der Waals surface area (Å²) in [4.78, 5) is 35.7. The van der Waals surface area contributed by atoms with E-state index in [2.05, 4.69) is 24.0 Å². The van der Waals surface area contributed by atoms with Crippen molar-refractivity contribution in [1.82, 2.24) is 10.4 Å². The molecule has 1 fully saturated rings.